The second-order valence-corrected chi connectivity index (χ2v) is 5.91. The molecule has 1 saturated carbocycles. The smallest absolute Gasteiger partial charge is 0.101 e. The Labute approximate surface area is 115 Å². The number of nitrogens with zero attached hydrogens (tertiary/aromatic N) is 1. The highest BCUT2D eigenvalue weighted by atomic mass is 16.3. The van der Waals surface area contributed by atoms with Gasteiger partial charge in [0.25, 0.3) is 0 Å². The summed E-state index contributed by atoms with van der Waals surface area (Å²) >= 11 is 0. The maximum absolute atomic E-state index is 9.78. The van der Waals surface area contributed by atoms with Crippen LogP contribution in [0.25, 0.3) is 0 Å². The van der Waals surface area contributed by atoms with Crippen LogP contribution >= 0.6 is 0 Å². The number of hydrogen-bond donors (Lipinski definition) is 2. The average molecular weight is 258 g/mol. The van der Waals surface area contributed by atoms with Crippen LogP contribution in [0.2, 0.25) is 0 Å². The van der Waals surface area contributed by atoms with Crippen LogP contribution in [0.5, 0.6) is 0 Å². The second kappa shape index (κ2) is 5.63. The molecular weight excluding hydrogens is 236 g/mol. The number of nitrogens with one attached hydrogen (secondary N) is 1. The van der Waals surface area contributed by atoms with Crippen molar-refractivity contribution in [3.63, 3.8) is 0 Å². The van der Waals surface area contributed by atoms with Gasteiger partial charge in [-0.3, -0.25) is 0 Å². The number of nitriles is 1. The molecule has 0 aliphatic heterocycles. The molecule has 0 aromatic heterocycles. The molecule has 0 spiro atoms. The monoisotopic (exact) mass is 258 g/mol. The molecule has 0 atom stereocenters. The van der Waals surface area contributed by atoms with Gasteiger partial charge in [-0.1, -0.05) is 13.0 Å². The van der Waals surface area contributed by atoms with Gasteiger partial charge >= 0.3 is 0 Å². The lowest BCUT2D eigenvalue weighted by molar-refractivity contribution is 0.155. The van der Waals surface area contributed by atoms with E-state index in [2.05, 4.69) is 18.3 Å². The second-order valence-electron chi connectivity index (χ2n) is 5.91. The maximum Gasteiger partial charge on any atom is 0.101 e. The molecule has 0 amide bonds. The fourth-order valence-electron chi connectivity index (χ4n) is 2.78. The Morgan fingerprint density at radius 2 is 2.11 bits per heavy atom. The van der Waals surface area contributed by atoms with Crippen molar-refractivity contribution in [1.82, 2.24) is 0 Å². The summed E-state index contributed by atoms with van der Waals surface area (Å²) in [5.41, 5.74) is 2.37. The van der Waals surface area contributed by atoms with Crippen molar-refractivity contribution in [3.05, 3.63) is 29.3 Å². The Kier molecular flexibility index (Phi) is 4.11. The van der Waals surface area contributed by atoms with E-state index >= 15 is 0 Å². The molecule has 2 N–H and O–H groups in total. The molecule has 2 rings (SSSR count). The molecule has 3 nitrogen and oxygen atoms in total. The van der Waals surface area contributed by atoms with Gasteiger partial charge in [-0.15, -0.1) is 0 Å². The number of hydrogen-bond acceptors (Lipinski definition) is 3. The van der Waals surface area contributed by atoms with Gasteiger partial charge in [0.05, 0.1) is 23.4 Å². The van der Waals surface area contributed by atoms with E-state index in [1.807, 2.05) is 25.1 Å². The normalized spacial score (nSPS) is 26.7. The highest BCUT2D eigenvalue weighted by molar-refractivity contribution is 5.60. The predicted molar refractivity (Wildman–Crippen MR) is 77.0 cm³/mol. The van der Waals surface area contributed by atoms with E-state index in [0.29, 0.717) is 5.56 Å². The lowest BCUT2D eigenvalue weighted by Crippen LogP contribution is -2.45. The summed E-state index contributed by atoms with van der Waals surface area (Å²) in [6.45, 7) is 4.40. The zero-order valence-corrected chi connectivity index (χ0v) is 11.7. The van der Waals surface area contributed by atoms with Crippen LogP contribution < -0.4 is 5.32 Å². The molecule has 0 saturated heterocycles. The van der Waals surface area contributed by atoms with Gasteiger partial charge < -0.3 is 10.4 Å². The van der Waals surface area contributed by atoms with E-state index in [1.165, 1.54) is 0 Å². The molecule has 1 aromatic rings. The molecule has 102 valence electrons. The van der Waals surface area contributed by atoms with Gasteiger partial charge in [-0.05, 0) is 56.2 Å². The Hall–Kier alpha value is -1.53. The predicted octanol–water partition coefficient (Wildman–Crippen LogP) is 3.22. The van der Waals surface area contributed by atoms with Crippen LogP contribution in [0.1, 0.15) is 43.7 Å². The Balaban J connectivity index is 2.23. The van der Waals surface area contributed by atoms with Crippen LogP contribution in [0.15, 0.2) is 18.2 Å². The third kappa shape index (κ3) is 3.08. The first kappa shape index (κ1) is 13.9. The quantitative estimate of drug-likeness (QED) is 0.875. The summed E-state index contributed by atoms with van der Waals surface area (Å²) in [5.74, 6) is 0.731. The number of benzene rings is 1. The lowest BCUT2D eigenvalue weighted by Gasteiger charge is -2.39. The maximum atomic E-state index is 9.78. The number of aryl methyl sites for hydroxylation is 1. The van der Waals surface area contributed by atoms with E-state index in [1.54, 1.807) is 0 Å². The van der Waals surface area contributed by atoms with E-state index in [9.17, 15) is 10.4 Å². The minimum atomic E-state index is -0.258. The van der Waals surface area contributed by atoms with Crippen LogP contribution in [0.4, 0.5) is 5.69 Å². The summed E-state index contributed by atoms with van der Waals surface area (Å²) in [7, 11) is 0. The van der Waals surface area contributed by atoms with Gasteiger partial charge in [0.2, 0.25) is 0 Å². The van der Waals surface area contributed by atoms with Gasteiger partial charge in [-0.2, -0.15) is 5.26 Å². The Morgan fingerprint density at radius 3 is 2.68 bits per heavy atom. The van der Waals surface area contributed by atoms with Crippen LogP contribution in [-0.4, -0.2) is 17.3 Å². The molecule has 1 aromatic carbocycles. The molecule has 0 radical (unpaired) electrons. The topological polar surface area (TPSA) is 56.0 Å². The van der Waals surface area contributed by atoms with Crippen LogP contribution in [-0.2, 0) is 0 Å². The first-order valence-electron chi connectivity index (χ1n) is 6.98. The Morgan fingerprint density at radius 1 is 1.42 bits per heavy atom. The summed E-state index contributed by atoms with van der Waals surface area (Å²) in [6, 6.07) is 8.00. The lowest BCUT2D eigenvalue weighted by atomic mass is 9.77. The highest BCUT2D eigenvalue weighted by Crippen LogP contribution is 2.35. The highest BCUT2D eigenvalue weighted by Gasteiger charge is 2.33. The van der Waals surface area contributed by atoms with Crippen LogP contribution in [0, 0.1) is 24.2 Å². The first-order chi connectivity index (χ1) is 9.08. The SMILES string of the molecule is Cc1ccc(C#N)c(NC2(CO)CCC(C)CC2)c1. The molecule has 1 aliphatic carbocycles. The minimum absolute atomic E-state index is 0.124. The third-order valence-electron chi connectivity index (χ3n) is 4.23. The first-order valence-corrected chi connectivity index (χ1v) is 6.98. The number of anilines is 1. The van der Waals surface area contributed by atoms with Crippen molar-refractivity contribution in [2.24, 2.45) is 5.92 Å². The standard InChI is InChI=1S/C16H22N2O/c1-12-5-7-16(11-19,8-6-12)18-15-9-13(2)3-4-14(15)10-17/h3-4,9,12,18-19H,5-8,11H2,1-2H3. The van der Waals surface area contributed by atoms with Crippen LogP contribution in [0.3, 0.4) is 0 Å². The largest absolute Gasteiger partial charge is 0.394 e. The number of aliphatic hydroxyl groups is 1. The summed E-state index contributed by atoms with van der Waals surface area (Å²) in [5, 5.41) is 22.4. The molecular formula is C16H22N2O. The van der Waals surface area contributed by atoms with Crippen molar-refractivity contribution in [1.29, 1.82) is 5.26 Å². The third-order valence-corrected chi connectivity index (χ3v) is 4.23. The van der Waals surface area contributed by atoms with E-state index in [4.69, 9.17) is 0 Å². The summed E-state index contributed by atoms with van der Waals surface area (Å²) < 4.78 is 0. The van der Waals surface area contributed by atoms with Crippen molar-refractivity contribution >= 4 is 5.69 Å². The van der Waals surface area contributed by atoms with E-state index in [0.717, 1.165) is 42.9 Å². The molecule has 19 heavy (non-hydrogen) atoms. The fourth-order valence-corrected chi connectivity index (χ4v) is 2.78. The molecule has 0 unspecified atom stereocenters. The summed E-state index contributed by atoms with van der Waals surface area (Å²) in [4.78, 5) is 0. The zero-order chi connectivity index (χ0) is 13.9. The fraction of sp³-hybridized carbons (Fsp3) is 0.562. The molecule has 0 heterocycles. The average Bonchev–Trinajstić information content (AvgIpc) is 2.42. The molecule has 3 heteroatoms. The molecule has 0 bridgehead atoms. The zero-order valence-electron chi connectivity index (χ0n) is 11.7. The van der Waals surface area contributed by atoms with Gasteiger partial charge in [0, 0.05) is 0 Å². The van der Waals surface area contributed by atoms with Gasteiger partial charge in [0.1, 0.15) is 6.07 Å². The Bertz CT molecular complexity index is 482. The van der Waals surface area contributed by atoms with E-state index in [-0.39, 0.29) is 12.1 Å². The van der Waals surface area contributed by atoms with Gasteiger partial charge in [-0.25, -0.2) is 0 Å². The number of rotatable bonds is 3. The van der Waals surface area contributed by atoms with Crippen molar-refractivity contribution in [2.45, 2.75) is 45.1 Å². The van der Waals surface area contributed by atoms with Crippen molar-refractivity contribution in [3.8, 4) is 6.07 Å². The molecule has 1 aliphatic rings. The summed E-state index contributed by atoms with van der Waals surface area (Å²) in [6.07, 6.45) is 4.18. The minimum Gasteiger partial charge on any atom is -0.394 e. The number of aliphatic hydroxyl groups excluding tert-OH is 1. The van der Waals surface area contributed by atoms with Crippen molar-refractivity contribution < 1.29 is 5.11 Å². The van der Waals surface area contributed by atoms with E-state index < -0.39 is 0 Å². The molecule has 1 fully saturated rings. The van der Waals surface area contributed by atoms with Crippen molar-refractivity contribution in [2.75, 3.05) is 11.9 Å². The van der Waals surface area contributed by atoms with Gasteiger partial charge in [0.15, 0.2) is 0 Å².